The van der Waals surface area contributed by atoms with Crippen LogP contribution >= 0.6 is 11.6 Å². The molecule has 0 heterocycles. The van der Waals surface area contributed by atoms with Gasteiger partial charge in [-0.3, -0.25) is 4.79 Å². The Balaban J connectivity index is 2.12. The number of rotatable bonds is 7. The number of anilines is 1. The number of nitrogens with one attached hydrogen (secondary N) is 2. The van der Waals surface area contributed by atoms with Crippen molar-refractivity contribution in [1.82, 2.24) is 4.72 Å². The molecule has 2 aromatic rings. The Hall–Kier alpha value is -2.09. The third-order valence-electron chi connectivity index (χ3n) is 3.73. The standard InChI is InChI=1S/C19H23ClN2O4S/c1-5-26-18-7-6-16(11-17(18)20)27(24,25)22-14(4)19(23)21-15-9-12(2)8-13(3)10-15/h6-11,14,22H,5H2,1-4H3,(H,21,23)/t14-/m1/s1. The number of hydrogen-bond donors (Lipinski definition) is 2. The number of aryl methyl sites for hydroxylation is 2. The molecule has 0 aromatic heterocycles. The van der Waals surface area contributed by atoms with Gasteiger partial charge in [0.1, 0.15) is 5.75 Å². The molecule has 6 nitrogen and oxygen atoms in total. The van der Waals surface area contributed by atoms with Crippen molar-refractivity contribution in [2.75, 3.05) is 11.9 Å². The van der Waals surface area contributed by atoms with Gasteiger partial charge in [0.05, 0.1) is 22.6 Å². The quantitative estimate of drug-likeness (QED) is 0.729. The fraction of sp³-hybridized carbons (Fsp3) is 0.316. The summed E-state index contributed by atoms with van der Waals surface area (Å²) in [5, 5.41) is 2.91. The van der Waals surface area contributed by atoms with Crippen LogP contribution in [-0.4, -0.2) is 27.0 Å². The number of sulfonamides is 1. The van der Waals surface area contributed by atoms with Crippen molar-refractivity contribution in [3.63, 3.8) is 0 Å². The van der Waals surface area contributed by atoms with Gasteiger partial charge in [0.2, 0.25) is 15.9 Å². The van der Waals surface area contributed by atoms with Crippen LogP contribution in [0.15, 0.2) is 41.3 Å². The zero-order chi connectivity index (χ0) is 20.2. The normalized spacial score (nSPS) is 12.5. The molecular formula is C19H23ClN2O4S. The second-order valence-electron chi connectivity index (χ2n) is 6.23. The van der Waals surface area contributed by atoms with Crippen molar-refractivity contribution in [2.45, 2.75) is 38.6 Å². The second-order valence-corrected chi connectivity index (χ2v) is 8.36. The lowest BCUT2D eigenvalue weighted by molar-refractivity contribution is -0.117. The van der Waals surface area contributed by atoms with Crippen molar-refractivity contribution in [2.24, 2.45) is 0 Å². The summed E-state index contributed by atoms with van der Waals surface area (Å²) in [4.78, 5) is 12.3. The summed E-state index contributed by atoms with van der Waals surface area (Å²) in [5.74, 6) is -0.0562. The average Bonchev–Trinajstić information content (AvgIpc) is 2.55. The molecule has 0 unspecified atom stereocenters. The number of benzene rings is 2. The van der Waals surface area contributed by atoms with Gasteiger partial charge in [0.25, 0.3) is 0 Å². The molecule has 0 saturated heterocycles. The van der Waals surface area contributed by atoms with Crippen molar-refractivity contribution >= 4 is 33.2 Å². The van der Waals surface area contributed by atoms with Crippen LogP contribution in [-0.2, 0) is 14.8 Å². The minimum absolute atomic E-state index is 0.0398. The van der Waals surface area contributed by atoms with Gasteiger partial charge in [0, 0.05) is 5.69 Å². The predicted octanol–water partition coefficient (Wildman–Crippen LogP) is 3.66. The number of halogens is 1. The van der Waals surface area contributed by atoms with Gasteiger partial charge in [-0.25, -0.2) is 8.42 Å². The number of ether oxygens (including phenoxy) is 1. The Morgan fingerprint density at radius 3 is 2.33 bits per heavy atom. The molecule has 0 aliphatic rings. The highest BCUT2D eigenvalue weighted by Crippen LogP contribution is 2.27. The van der Waals surface area contributed by atoms with Crippen LogP contribution in [0.1, 0.15) is 25.0 Å². The molecule has 0 aliphatic carbocycles. The molecule has 0 fully saturated rings. The van der Waals surface area contributed by atoms with Crippen LogP contribution < -0.4 is 14.8 Å². The third kappa shape index (κ3) is 5.69. The zero-order valence-electron chi connectivity index (χ0n) is 15.7. The summed E-state index contributed by atoms with van der Waals surface area (Å²) in [7, 11) is -3.92. The summed E-state index contributed by atoms with van der Waals surface area (Å²) >= 11 is 6.05. The van der Waals surface area contributed by atoms with Crippen LogP contribution in [0.2, 0.25) is 5.02 Å². The highest BCUT2D eigenvalue weighted by atomic mass is 35.5. The maximum Gasteiger partial charge on any atom is 0.242 e. The van der Waals surface area contributed by atoms with Crippen LogP contribution in [0.25, 0.3) is 0 Å². The first-order valence-electron chi connectivity index (χ1n) is 8.46. The SMILES string of the molecule is CCOc1ccc(S(=O)(=O)N[C@H](C)C(=O)Nc2cc(C)cc(C)c2)cc1Cl. The Kier molecular flexibility index (Phi) is 6.86. The minimum Gasteiger partial charge on any atom is -0.492 e. The summed E-state index contributed by atoms with van der Waals surface area (Å²) in [6, 6.07) is 8.81. The molecule has 1 amide bonds. The second kappa shape index (κ2) is 8.73. The molecule has 0 radical (unpaired) electrons. The molecular weight excluding hydrogens is 388 g/mol. The fourth-order valence-corrected chi connectivity index (χ4v) is 4.10. The minimum atomic E-state index is -3.92. The highest BCUT2D eigenvalue weighted by Gasteiger charge is 2.23. The molecule has 0 spiro atoms. The molecule has 27 heavy (non-hydrogen) atoms. The lowest BCUT2D eigenvalue weighted by Crippen LogP contribution is -2.41. The number of carbonyl (C=O) groups is 1. The van der Waals surface area contributed by atoms with E-state index >= 15 is 0 Å². The van der Waals surface area contributed by atoms with Gasteiger partial charge in [-0.1, -0.05) is 17.7 Å². The van der Waals surface area contributed by atoms with Gasteiger partial charge in [0.15, 0.2) is 0 Å². The van der Waals surface area contributed by atoms with Crippen molar-refractivity contribution in [3.8, 4) is 5.75 Å². The molecule has 2 aromatic carbocycles. The Labute approximate surface area is 164 Å². The Morgan fingerprint density at radius 1 is 1.15 bits per heavy atom. The molecule has 1 atom stereocenters. The predicted molar refractivity (Wildman–Crippen MR) is 107 cm³/mol. The smallest absolute Gasteiger partial charge is 0.242 e. The van der Waals surface area contributed by atoms with E-state index in [1.165, 1.54) is 25.1 Å². The van der Waals surface area contributed by atoms with E-state index in [4.69, 9.17) is 16.3 Å². The molecule has 0 bridgehead atoms. The maximum atomic E-state index is 12.5. The molecule has 2 N–H and O–H groups in total. The topological polar surface area (TPSA) is 84.5 Å². The summed E-state index contributed by atoms with van der Waals surface area (Å²) < 4.78 is 32.7. The number of amides is 1. The first-order chi connectivity index (χ1) is 12.6. The first kappa shape index (κ1) is 21.2. The molecule has 146 valence electrons. The zero-order valence-corrected chi connectivity index (χ0v) is 17.2. The van der Waals surface area contributed by atoms with Crippen molar-refractivity contribution < 1.29 is 17.9 Å². The molecule has 0 aliphatic heterocycles. The van der Waals surface area contributed by atoms with Crippen molar-refractivity contribution in [1.29, 1.82) is 0 Å². The van der Waals surface area contributed by atoms with E-state index in [-0.39, 0.29) is 9.92 Å². The van der Waals surface area contributed by atoms with E-state index in [2.05, 4.69) is 10.0 Å². The van der Waals surface area contributed by atoms with Gasteiger partial charge in [-0.15, -0.1) is 0 Å². The number of carbonyl (C=O) groups excluding carboxylic acids is 1. The van der Waals surface area contributed by atoms with Crippen LogP contribution in [0.3, 0.4) is 0 Å². The molecule has 8 heteroatoms. The molecule has 0 saturated carbocycles. The van der Waals surface area contributed by atoms with E-state index in [0.29, 0.717) is 18.0 Å². The first-order valence-corrected chi connectivity index (χ1v) is 10.3. The van der Waals surface area contributed by atoms with Gasteiger partial charge in [-0.05, 0) is 69.2 Å². The Bertz CT molecular complexity index is 924. The number of hydrogen-bond acceptors (Lipinski definition) is 4. The monoisotopic (exact) mass is 410 g/mol. The fourth-order valence-electron chi connectivity index (χ4n) is 2.57. The Morgan fingerprint density at radius 2 is 1.78 bits per heavy atom. The van der Waals surface area contributed by atoms with Gasteiger partial charge in [-0.2, -0.15) is 4.72 Å². The average molecular weight is 411 g/mol. The highest BCUT2D eigenvalue weighted by molar-refractivity contribution is 7.89. The van der Waals surface area contributed by atoms with Gasteiger partial charge < -0.3 is 10.1 Å². The lowest BCUT2D eigenvalue weighted by atomic mass is 10.1. The lowest BCUT2D eigenvalue weighted by Gasteiger charge is -2.16. The van der Waals surface area contributed by atoms with E-state index in [9.17, 15) is 13.2 Å². The van der Waals surface area contributed by atoms with Crippen LogP contribution in [0, 0.1) is 13.8 Å². The van der Waals surface area contributed by atoms with Crippen LogP contribution in [0.4, 0.5) is 5.69 Å². The summed E-state index contributed by atoms with van der Waals surface area (Å²) in [5.41, 5.74) is 2.62. The van der Waals surface area contributed by atoms with Crippen molar-refractivity contribution in [3.05, 3.63) is 52.5 Å². The molecule has 2 rings (SSSR count). The van der Waals surface area contributed by atoms with E-state index in [1.807, 2.05) is 32.0 Å². The summed E-state index contributed by atoms with van der Waals surface area (Å²) in [6.45, 7) is 7.54. The largest absolute Gasteiger partial charge is 0.492 e. The summed E-state index contributed by atoms with van der Waals surface area (Å²) in [6.07, 6.45) is 0. The van der Waals surface area contributed by atoms with E-state index < -0.39 is 22.0 Å². The van der Waals surface area contributed by atoms with E-state index in [1.54, 1.807) is 6.92 Å². The van der Waals surface area contributed by atoms with E-state index in [0.717, 1.165) is 11.1 Å². The van der Waals surface area contributed by atoms with Crippen LogP contribution in [0.5, 0.6) is 5.75 Å². The third-order valence-corrected chi connectivity index (χ3v) is 5.56. The van der Waals surface area contributed by atoms with Gasteiger partial charge >= 0.3 is 0 Å². The maximum absolute atomic E-state index is 12.5.